The van der Waals surface area contributed by atoms with Crippen LogP contribution >= 0.6 is 11.3 Å². The van der Waals surface area contributed by atoms with Crippen molar-refractivity contribution in [2.24, 2.45) is 0 Å². The lowest BCUT2D eigenvalue weighted by Crippen LogP contribution is -2.01. The zero-order chi connectivity index (χ0) is 13.5. The molecule has 0 atom stereocenters. The molecule has 0 fully saturated rings. The van der Waals surface area contributed by atoms with Crippen molar-refractivity contribution < 1.29 is 4.42 Å². The Morgan fingerprint density at radius 3 is 2.45 bits per heavy atom. The Hall–Kier alpha value is -2.39. The third kappa shape index (κ3) is 1.60. The molecule has 0 unspecified atom stereocenters. The molecule has 0 bridgehead atoms. The summed E-state index contributed by atoms with van der Waals surface area (Å²) < 4.78 is 5.84. The second-order valence-corrected chi connectivity index (χ2v) is 5.48. The molecule has 20 heavy (non-hydrogen) atoms. The third-order valence-electron chi connectivity index (χ3n) is 3.37. The third-order valence-corrected chi connectivity index (χ3v) is 4.38. The van der Waals surface area contributed by atoms with Crippen molar-refractivity contribution in [1.29, 1.82) is 0 Å². The molecule has 0 aliphatic carbocycles. The van der Waals surface area contributed by atoms with Crippen LogP contribution in [0.3, 0.4) is 0 Å². The fraction of sp³-hybridized carbons (Fsp3) is 0. The quantitative estimate of drug-likeness (QED) is 0.506. The van der Waals surface area contributed by atoms with Gasteiger partial charge in [-0.15, -0.1) is 11.3 Å². The van der Waals surface area contributed by atoms with Crippen LogP contribution in [0, 0.1) is 0 Å². The molecule has 2 nitrogen and oxygen atoms in total. The first kappa shape index (κ1) is 11.4. The summed E-state index contributed by atoms with van der Waals surface area (Å²) in [5.74, 6) is 0. The van der Waals surface area contributed by atoms with E-state index in [4.69, 9.17) is 4.42 Å². The van der Waals surface area contributed by atoms with Crippen molar-refractivity contribution in [3.63, 3.8) is 0 Å². The smallest absolute Gasteiger partial charge is 0.202 e. The molecular weight excluding hydrogens is 268 g/mol. The van der Waals surface area contributed by atoms with Crippen LogP contribution in [0.4, 0.5) is 0 Å². The maximum absolute atomic E-state index is 12.7. The average Bonchev–Trinajstić information content (AvgIpc) is 2.92. The van der Waals surface area contributed by atoms with Gasteiger partial charge in [-0.05, 0) is 17.7 Å². The fourth-order valence-electron chi connectivity index (χ4n) is 2.43. The number of hydrogen-bond donors (Lipinski definition) is 0. The second-order valence-electron chi connectivity index (χ2n) is 4.60. The van der Waals surface area contributed by atoms with E-state index in [9.17, 15) is 4.79 Å². The van der Waals surface area contributed by atoms with Crippen LogP contribution in [0.1, 0.15) is 0 Å². The highest BCUT2D eigenvalue weighted by molar-refractivity contribution is 7.15. The topological polar surface area (TPSA) is 30.2 Å². The van der Waals surface area contributed by atoms with Gasteiger partial charge in [-0.2, -0.15) is 0 Å². The van der Waals surface area contributed by atoms with E-state index in [1.54, 1.807) is 11.3 Å². The van der Waals surface area contributed by atoms with Gasteiger partial charge in [0.15, 0.2) is 0 Å². The Morgan fingerprint density at radius 1 is 0.850 bits per heavy atom. The van der Waals surface area contributed by atoms with E-state index in [1.165, 1.54) is 0 Å². The molecular formula is C17H10O2S. The van der Waals surface area contributed by atoms with Crippen molar-refractivity contribution >= 4 is 33.3 Å². The summed E-state index contributed by atoms with van der Waals surface area (Å²) in [6.07, 6.45) is 0. The largest absolute Gasteiger partial charge is 0.455 e. The van der Waals surface area contributed by atoms with E-state index in [2.05, 4.69) is 0 Å². The molecule has 2 aromatic carbocycles. The van der Waals surface area contributed by atoms with Gasteiger partial charge in [0.25, 0.3) is 0 Å². The molecule has 0 saturated carbocycles. The van der Waals surface area contributed by atoms with Crippen molar-refractivity contribution in [3.8, 4) is 10.4 Å². The fourth-order valence-corrected chi connectivity index (χ4v) is 3.40. The van der Waals surface area contributed by atoms with Gasteiger partial charge >= 0.3 is 0 Å². The lowest BCUT2D eigenvalue weighted by molar-refractivity contribution is 0.662. The summed E-state index contributed by atoms with van der Waals surface area (Å²) in [6, 6.07) is 17.3. The highest BCUT2D eigenvalue weighted by Crippen LogP contribution is 2.34. The van der Waals surface area contributed by atoms with Gasteiger partial charge < -0.3 is 4.42 Å². The molecule has 0 spiro atoms. The maximum Gasteiger partial charge on any atom is 0.202 e. The van der Waals surface area contributed by atoms with E-state index in [0.29, 0.717) is 21.9 Å². The standard InChI is InChI=1S/C17H10O2S/c18-16-12-8-4-5-9-13(12)19-14-10-20-17(15(14)16)11-6-2-1-3-7-11/h1-10H. The number of hydrogen-bond acceptors (Lipinski definition) is 3. The van der Waals surface area contributed by atoms with Crippen LogP contribution in [0.25, 0.3) is 32.4 Å². The Balaban J connectivity index is 2.16. The summed E-state index contributed by atoms with van der Waals surface area (Å²) in [6.45, 7) is 0. The highest BCUT2D eigenvalue weighted by atomic mass is 32.1. The summed E-state index contributed by atoms with van der Waals surface area (Å²) in [7, 11) is 0. The number of para-hydroxylation sites is 1. The second kappa shape index (κ2) is 4.32. The summed E-state index contributed by atoms with van der Waals surface area (Å²) in [5.41, 5.74) is 2.40. The molecule has 4 rings (SSSR count). The lowest BCUT2D eigenvalue weighted by Gasteiger charge is -2.00. The SMILES string of the molecule is O=c1c2ccccc2oc2csc(-c3ccccc3)c12. The Bertz CT molecular complexity index is 965. The molecule has 0 radical (unpaired) electrons. The normalized spacial score (nSPS) is 11.2. The highest BCUT2D eigenvalue weighted by Gasteiger charge is 2.14. The zero-order valence-corrected chi connectivity index (χ0v) is 11.3. The molecule has 3 heteroatoms. The summed E-state index contributed by atoms with van der Waals surface area (Å²) in [4.78, 5) is 13.7. The zero-order valence-electron chi connectivity index (χ0n) is 10.5. The van der Waals surface area contributed by atoms with Crippen LogP contribution in [0.5, 0.6) is 0 Å². The Labute approximate surface area is 118 Å². The van der Waals surface area contributed by atoms with Crippen LogP contribution in [0.2, 0.25) is 0 Å². The van der Waals surface area contributed by atoms with Crippen molar-refractivity contribution in [2.45, 2.75) is 0 Å². The van der Waals surface area contributed by atoms with E-state index in [-0.39, 0.29) is 5.43 Å². The minimum Gasteiger partial charge on any atom is -0.455 e. The van der Waals surface area contributed by atoms with Crippen LogP contribution < -0.4 is 5.43 Å². The number of benzene rings is 2. The molecule has 2 heterocycles. The average molecular weight is 278 g/mol. The lowest BCUT2D eigenvalue weighted by atomic mass is 10.1. The van der Waals surface area contributed by atoms with Gasteiger partial charge in [-0.1, -0.05) is 42.5 Å². The summed E-state index contributed by atoms with van der Waals surface area (Å²) >= 11 is 1.55. The molecule has 4 aromatic rings. The van der Waals surface area contributed by atoms with Crippen molar-refractivity contribution in [2.75, 3.05) is 0 Å². The maximum atomic E-state index is 12.7. The molecule has 0 N–H and O–H groups in total. The van der Waals surface area contributed by atoms with Gasteiger partial charge in [-0.3, -0.25) is 4.79 Å². The molecule has 0 aliphatic heterocycles. The summed E-state index contributed by atoms with van der Waals surface area (Å²) in [5, 5.41) is 3.22. The van der Waals surface area contributed by atoms with Crippen molar-refractivity contribution in [3.05, 3.63) is 70.2 Å². The Kier molecular flexibility index (Phi) is 2.47. The van der Waals surface area contributed by atoms with E-state index < -0.39 is 0 Å². The first-order valence-corrected chi connectivity index (χ1v) is 7.21. The number of thiophene rings is 1. The molecule has 96 valence electrons. The van der Waals surface area contributed by atoms with E-state index in [0.717, 1.165) is 10.4 Å². The molecule has 2 aromatic heterocycles. The monoisotopic (exact) mass is 278 g/mol. The Morgan fingerprint density at radius 2 is 1.60 bits per heavy atom. The van der Waals surface area contributed by atoms with Gasteiger partial charge in [0.05, 0.1) is 10.8 Å². The van der Waals surface area contributed by atoms with Crippen molar-refractivity contribution in [1.82, 2.24) is 0 Å². The van der Waals surface area contributed by atoms with Crippen LogP contribution in [0.15, 0.2) is 69.2 Å². The van der Waals surface area contributed by atoms with Crippen LogP contribution in [-0.2, 0) is 0 Å². The minimum atomic E-state index is 0.0435. The minimum absolute atomic E-state index is 0.0435. The molecule has 0 amide bonds. The van der Waals surface area contributed by atoms with Gasteiger partial charge in [0, 0.05) is 10.3 Å². The van der Waals surface area contributed by atoms with E-state index in [1.807, 2.05) is 60.0 Å². The molecule has 0 saturated heterocycles. The van der Waals surface area contributed by atoms with Crippen LogP contribution in [-0.4, -0.2) is 0 Å². The van der Waals surface area contributed by atoms with Gasteiger partial charge in [-0.25, -0.2) is 0 Å². The first-order chi connectivity index (χ1) is 9.84. The predicted octanol–water partition coefficient (Wildman–Crippen LogP) is 4.67. The van der Waals surface area contributed by atoms with Gasteiger partial charge in [0.1, 0.15) is 11.2 Å². The number of fused-ring (bicyclic) bond motifs is 2. The number of rotatable bonds is 1. The predicted molar refractivity (Wildman–Crippen MR) is 83.3 cm³/mol. The first-order valence-electron chi connectivity index (χ1n) is 6.33. The molecule has 0 aliphatic rings. The van der Waals surface area contributed by atoms with Gasteiger partial charge in [0.2, 0.25) is 5.43 Å². The van der Waals surface area contributed by atoms with E-state index >= 15 is 0 Å².